The first-order chi connectivity index (χ1) is 22.3. The molecule has 0 spiro atoms. The number of hydrogen-bond acceptors (Lipinski definition) is 5. The molecule has 210 valence electrons. The fourth-order valence-electron chi connectivity index (χ4n) is 6.22. The van der Waals surface area contributed by atoms with Gasteiger partial charge in [-0.05, 0) is 30.3 Å². The lowest BCUT2D eigenvalue weighted by atomic mass is 9.98. The van der Waals surface area contributed by atoms with E-state index >= 15 is 0 Å². The minimum Gasteiger partial charge on any atom is -0.456 e. The van der Waals surface area contributed by atoms with Crippen molar-refractivity contribution in [2.75, 3.05) is 0 Å². The average molecular weight is 577 g/mol. The molecule has 0 bridgehead atoms. The molecule has 0 N–H and O–H groups in total. The highest BCUT2D eigenvalue weighted by atomic mass is 16.3. The Morgan fingerprint density at radius 1 is 0.422 bits per heavy atom. The molecule has 9 aromatic rings. The largest absolute Gasteiger partial charge is 0.456 e. The van der Waals surface area contributed by atoms with Crippen molar-refractivity contribution in [3.8, 4) is 45.2 Å². The van der Waals surface area contributed by atoms with Gasteiger partial charge in [-0.25, -0.2) is 15.0 Å². The molecular formula is C40H24N4O. The molecule has 0 aliphatic heterocycles. The summed E-state index contributed by atoms with van der Waals surface area (Å²) >= 11 is 0. The highest BCUT2D eigenvalue weighted by Gasteiger charge is 2.20. The van der Waals surface area contributed by atoms with E-state index in [-0.39, 0.29) is 0 Å². The minimum absolute atomic E-state index is 0.639. The Morgan fingerprint density at radius 2 is 1.02 bits per heavy atom. The van der Waals surface area contributed by atoms with Crippen LogP contribution in [0.3, 0.4) is 0 Å². The lowest BCUT2D eigenvalue weighted by molar-refractivity contribution is 0.669. The summed E-state index contributed by atoms with van der Waals surface area (Å²) < 4.78 is 6.47. The van der Waals surface area contributed by atoms with Gasteiger partial charge in [-0.1, -0.05) is 109 Å². The first kappa shape index (κ1) is 25.3. The number of fused-ring (bicyclic) bond motifs is 6. The fraction of sp³-hybridized carbons (Fsp3) is 0. The Balaban J connectivity index is 1.32. The van der Waals surface area contributed by atoms with Crippen LogP contribution in [0.2, 0.25) is 0 Å². The number of furan rings is 1. The van der Waals surface area contributed by atoms with Crippen LogP contribution in [0, 0.1) is 0 Å². The summed E-state index contributed by atoms with van der Waals surface area (Å²) in [5, 5.41) is 4.06. The predicted molar refractivity (Wildman–Crippen MR) is 182 cm³/mol. The molecule has 45 heavy (non-hydrogen) atoms. The summed E-state index contributed by atoms with van der Waals surface area (Å²) in [4.78, 5) is 20.1. The van der Waals surface area contributed by atoms with E-state index < -0.39 is 0 Å². The topological polar surface area (TPSA) is 64.7 Å². The number of rotatable bonds is 4. The maximum absolute atomic E-state index is 6.47. The van der Waals surface area contributed by atoms with Gasteiger partial charge >= 0.3 is 0 Å². The van der Waals surface area contributed by atoms with Gasteiger partial charge in [-0.3, -0.25) is 4.98 Å². The second-order valence-electron chi connectivity index (χ2n) is 11.1. The average Bonchev–Trinajstić information content (AvgIpc) is 3.51. The zero-order valence-corrected chi connectivity index (χ0v) is 24.1. The molecule has 0 saturated carbocycles. The van der Waals surface area contributed by atoms with Crippen LogP contribution in [0.4, 0.5) is 0 Å². The van der Waals surface area contributed by atoms with Crippen LogP contribution in [0.1, 0.15) is 0 Å². The van der Waals surface area contributed by atoms with E-state index in [0.717, 1.165) is 83.1 Å². The Bertz CT molecular complexity index is 2480. The van der Waals surface area contributed by atoms with Crippen LogP contribution in [-0.4, -0.2) is 19.9 Å². The van der Waals surface area contributed by atoms with E-state index in [9.17, 15) is 0 Å². The standard InChI is InChI=1S/C40H24N4O/c1-3-10-25(11-4-1)32-24-33(26-12-5-2-6-13-26)44-40(43-32)30-16-8-18-35-37(30)36-29(15-7-17-34(36)45-35)31-22-21-28-20-19-27-14-9-23-41-38(27)39(28)42-31/h1-24H. The summed E-state index contributed by atoms with van der Waals surface area (Å²) in [7, 11) is 0. The van der Waals surface area contributed by atoms with E-state index in [0.29, 0.717) is 5.82 Å². The van der Waals surface area contributed by atoms with Crippen molar-refractivity contribution in [2.45, 2.75) is 0 Å². The number of benzene rings is 5. The van der Waals surface area contributed by atoms with Crippen LogP contribution in [0.5, 0.6) is 0 Å². The Labute approximate surface area is 258 Å². The van der Waals surface area contributed by atoms with Crippen LogP contribution < -0.4 is 0 Å². The molecule has 0 atom stereocenters. The molecule has 0 amide bonds. The zero-order valence-electron chi connectivity index (χ0n) is 24.1. The molecule has 0 aliphatic carbocycles. The summed E-state index contributed by atoms with van der Waals surface area (Å²) in [6.07, 6.45) is 1.82. The van der Waals surface area contributed by atoms with E-state index in [4.69, 9.17) is 19.4 Å². The number of nitrogens with zero attached hydrogens (tertiary/aromatic N) is 4. The first-order valence-electron chi connectivity index (χ1n) is 14.9. The first-order valence-corrected chi connectivity index (χ1v) is 14.9. The molecule has 0 saturated heterocycles. The van der Waals surface area contributed by atoms with E-state index in [1.165, 1.54) is 0 Å². The lowest BCUT2D eigenvalue weighted by Gasteiger charge is -2.11. The van der Waals surface area contributed by atoms with E-state index in [2.05, 4.69) is 77.8 Å². The van der Waals surface area contributed by atoms with Crippen molar-refractivity contribution in [1.29, 1.82) is 0 Å². The van der Waals surface area contributed by atoms with Crippen LogP contribution in [0.25, 0.3) is 88.9 Å². The van der Waals surface area contributed by atoms with Gasteiger partial charge < -0.3 is 4.42 Å². The molecule has 0 aliphatic rings. The van der Waals surface area contributed by atoms with Crippen LogP contribution in [-0.2, 0) is 0 Å². The molecule has 0 fully saturated rings. The number of aromatic nitrogens is 4. The van der Waals surface area contributed by atoms with Gasteiger partial charge in [0.2, 0.25) is 0 Å². The lowest BCUT2D eigenvalue weighted by Crippen LogP contribution is -1.96. The van der Waals surface area contributed by atoms with Gasteiger partial charge in [0.1, 0.15) is 11.2 Å². The van der Waals surface area contributed by atoms with Gasteiger partial charge in [0, 0.05) is 50.0 Å². The molecular weight excluding hydrogens is 552 g/mol. The van der Waals surface area contributed by atoms with Crippen LogP contribution >= 0.6 is 0 Å². The molecule has 5 nitrogen and oxygen atoms in total. The van der Waals surface area contributed by atoms with Gasteiger partial charge in [-0.2, -0.15) is 0 Å². The van der Waals surface area contributed by atoms with Gasteiger partial charge in [0.25, 0.3) is 0 Å². The predicted octanol–water partition coefficient (Wildman–Crippen LogP) is 10.1. The third kappa shape index (κ3) is 4.25. The maximum atomic E-state index is 6.47. The van der Waals surface area contributed by atoms with Crippen molar-refractivity contribution < 1.29 is 4.42 Å². The van der Waals surface area contributed by atoms with Crippen molar-refractivity contribution >= 4 is 43.7 Å². The monoisotopic (exact) mass is 576 g/mol. The number of hydrogen-bond donors (Lipinski definition) is 0. The minimum atomic E-state index is 0.639. The van der Waals surface area contributed by atoms with Crippen molar-refractivity contribution in [3.63, 3.8) is 0 Å². The third-order valence-corrected chi connectivity index (χ3v) is 8.34. The van der Waals surface area contributed by atoms with E-state index in [1.54, 1.807) is 0 Å². The zero-order chi connectivity index (χ0) is 29.7. The second kappa shape index (κ2) is 10.2. The quantitative estimate of drug-likeness (QED) is 0.195. The normalized spacial score (nSPS) is 11.6. The summed E-state index contributed by atoms with van der Waals surface area (Å²) in [5.74, 6) is 0.639. The third-order valence-electron chi connectivity index (χ3n) is 8.34. The Morgan fingerprint density at radius 3 is 1.71 bits per heavy atom. The molecule has 5 aromatic carbocycles. The van der Waals surface area contributed by atoms with Crippen molar-refractivity contribution in [3.05, 3.63) is 146 Å². The molecule has 4 aromatic heterocycles. The Kier molecular flexibility index (Phi) is 5.74. The highest BCUT2D eigenvalue weighted by molar-refractivity contribution is 6.17. The van der Waals surface area contributed by atoms with Crippen LogP contribution in [0.15, 0.2) is 150 Å². The SMILES string of the molecule is c1ccc(-c2cc(-c3ccccc3)nc(-c3cccc4oc5cccc(-c6ccc7ccc8cccnc8c7n6)c5c34)n2)cc1. The van der Waals surface area contributed by atoms with Crippen molar-refractivity contribution in [2.24, 2.45) is 0 Å². The van der Waals surface area contributed by atoms with Crippen molar-refractivity contribution in [1.82, 2.24) is 19.9 Å². The summed E-state index contributed by atoms with van der Waals surface area (Å²) in [6.45, 7) is 0. The summed E-state index contributed by atoms with van der Waals surface area (Å²) in [6, 6.07) is 47.2. The van der Waals surface area contributed by atoms with Gasteiger partial charge in [0.05, 0.1) is 28.1 Å². The molecule has 0 unspecified atom stereocenters. The van der Waals surface area contributed by atoms with Gasteiger partial charge in [-0.15, -0.1) is 0 Å². The summed E-state index contributed by atoms with van der Waals surface area (Å²) in [5.41, 5.74) is 9.86. The maximum Gasteiger partial charge on any atom is 0.161 e. The Hall–Kier alpha value is -6.20. The van der Waals surface area contributed by atoms with Gasteiger partial charge in [0.15, 0.2) is 5.82 Å². The fourth-order valence-corrected chi connectivity index (χ4v) is 6.22. The second-order valence-corrected chi connectivity index (χ2v) is 11.1. The highest BCUT2D eigenvalue weighted by Crippen LogP contribution is 2.41. The number of pyridine rings is 2. The molecule has 4 heterocycles. The smallest absolute Gasteiger partial charge is 0.161 e. The molecule has 9 rings (SSSR count). The molecule has 0 radical (unpaired) electrons. The molecule has 5 heteroatoms. The van der Waals surface area contributed by atoms with E-state index in [1.807, 2.05) is 72.9 Å².